The van der Waals surface area contributed by atoms with Crippen LogP contribution in [0.3, 0.4) is 0 Å². The highest BCUT2D eigenvalue weighted by atomic mass is 19.4. The maximum absolute atomic E-state index is 12.4. The summed E-state index contributed by atoms with van der Waals surface area (Å²) in [6.07, 6.45) is -2.12. The summed E-state index contributed by atoms with van der Waals surface area (Å²) >= 11 is 0. The molecule has 0 aromatic carbocycles. The van der Waals surface area contributed by atoms with E-state index >= 15 is 0 Å². The molecule has 0 saturated carbocycles. The third-order valence-electron chi connectivity index (χ3n) is 2.78. The summed E-state index contributed by atoms with van der Waals surface area (Å²) in [5, 5.41) is 12.0. The first-order valence-corrected chi connectivity index (χ1v) is 6.37. The van der Waals surface area contributed by atoms with Crippen LogP contribution in [-0.2, 0) is 24.6 Å². The van der Waals surface area contributed by atoms with Crippen LogP contribution in [0.4, 0.5) is 18.9 Å². The number of hydrogen-bond acceptors (Lipinski definition) is 4. The van der Waals surface area contributed by atoms with Crippen molar-refractivity contribution >= 4 is 17.5 Å². The molecule has 2 N–H and O–H groups in total. The number of amides is 2. The number of rotatable bonds is 4. The standard InChI is InChI=1S/C12H13F3N6O2/c1-16-11(23)10-7(5-20(2)19-10)17-9(22)6-21-4-3-8(18-21)12(13,14)15/h3-5H,6H2,1-2H3,(H,16,23)(H,17,22). The first kappa shape index (κ1) is 16.5. The number of aryl methyl sites for hydroxylation is 1. The summed E-state index contributed by atoms with van der Waals surface area (Å²) in [6.45, 7) is -0.432. The lowest BCUT2D eigenvalue weighted by molar-refractivity contribution is -0.141. The van der Waals surface area contributed by atoms with Gasteiger partial charge in [0.1, 0.15) is 6.54 Å². The van der Waals surface area contributed by atoms with E-state index in [2.05, 4.69) is 20.8 Å². The van der Waals surface area contributed by atoms with E-state index in [-0.39, 0.29) is 11.4 Å². The van der Waals surface area contributed by atoms with Gasteiger partial charge in [-0.3, -0.25) is 19.0 Å². The number of nitrogens with one attached hydrogen (secondary N) is 2. The molecule has 11 heteroatoms. The molecule has 0 atom stereocenters. The number of carbonyl (C=O) groups excluding carboxylic acids is 2. The number of carbonyl (C=O) groups is 2. The van der Waals surface area contributed by atoms with Crippen LogP contribution in [0.15, 0.2) is 18.5 Å². The van der Waals surface area contributed by atoms with E-state index in [1.165, 1.54) is 17.9 Å². The van der Waals surface area contributed by atoms with E-state index in [9.17, 15) is 22.8 Å². The second-order valence-corrected chi connectivity index (χ2v) is 4.59. The van der Waals surface area contributed by atoms with Gasteiger partial charge in [-0.05, 0) is 6.07 Å². The normalized spacial score (nSPS) is 11.3. The number of hydrogen-bond donors (Lipinski definition) is 2. The summed E-state index contributed by atoms with van der Waals surface area (Å²) in [7, 11) is 2.97. The molecule has 0 aliphatic rings. The van der Waals surface area contributed by atoms with Gasteiger partial charge >= 0.3 is 6.18 Å². The topological polar surface area (TPSA) is 93.8 Å². The molecule has 0 fully saturated rings. The minimum Gasteiger partial charge on any atom is -0.354 e. The maximum Gasteiger partial charge on any atom is 0.435 e. The number of halogens is 3. The molecule has 2 heterocycles. The number of alkyl halides is 3. The predicted molar refractivity (Wildman–Crippen MR) is 72.5 cm³/mol. The highest BCUT2D eigenvalue weighted by molar-refractivity contribution is 6.01. The van der Waals surface area contributed by atoms with Crippen molar-refractivity contribution in [2.45, 2.75) is 12.7 Å². The van der Waals surface area contributed by atoms with Gasteiger partial charge < -0.3 is 10.6 Å². The Morgan fingerprint density at radius 2 is 2.00 bits per heavy atom. The molecule has 124 valence electrons. The van der Waals surface area contributed by atoms with Gasteiger partial charge in [0.05, 0.1) is 5.69 Å². The fourth-order valence-corrected chi connectivity index (χ4v) is 1.80. The van der Waals surface area contributed by atoms with Crippen molar-refractivity contribution in [2.24, 2.45) is 7.05 Å². The van der Waals surface area contributed by atoms with Crippen LogP contribution < -0.4 is 10.6 Å². The quantitative estimate of drug-likeness (QED) is 0.860. The molecule has 0 unspecified atom stereocenters. The minimum absolute atomic E-state index is 0.000189. The average molecular weight is 330 g/mol. The molecular weight excluding hydrogens is 317 g/mol. The Morgan fingerprint density at radius 3 is 2.57 bits per heavy atom. The van der Waals surface area contributed by atoms with Crippen molar-refractivity contribution in [1.29, 1.82) is 0 Å². The van der Waals surface area contributed by atoms with Gasteiger partial charge in [-0.2, -0.15) is 23.4 Å². The largest absolute Gasteiger partial charge is 0.435 e. The summed E-state index contributed by atoms with van der Waals surface area (Å²) in [5.41, 5.74) is -0.933. The number of anilines is 1. The molecular formula is C12H13F3N6O2. The molecule has 0 saturated heterocycles. The molecule has 2 amide bonds. The molecule has 23 heavy (non-hydrogen) atoms. The van der Waals surface area contributed by atoms with E-state index in [4.69, 9.17) is 0 Å². The summed E-state index contributed by atoms with van der Waals surface area (Å²) in [6, 6.07) is 0.771. The third kappa shape index (κ3) is 3.87. The minimum atomic E-state index is -4.57. The van der Waals surface area contributed by atoms with Crippen LogP contribution in [0.25, 0.3) is 0 Å². The monoisotopic (exact) mass is 330 g/mol. The Morgan fingerprint density at radius 1 is 1.30 bits per heavy atom. The van der Waals surface area contributed by atoms with E-state index in [0.717, 1.165) is 16.9 Å². The molecule has 2 aromatic heterocycles. The molecule has 2 aromatic rings. The van der Waals surface area contributed by atoms with E-state index < -0.39 is 30.2 Å². The lowest BCUT2D eigenvalue weighted by Crippen LogP contribution is -2.23. The zero-order valence-electron chi connectivity index (χ0n) is 12.2. The van der Waals surface area contributed by atoms with Gasteiger partial charge in [-0.15, -0.1) is 0 Å². The van der Waals surface area contributed by atoms with Crippen molar-refractivity contribution in [3.8, 4) is 0 Å². The van der Waals surface area contributed by atoms with Gasteiger partial charge in [0.2, 0.25) is 5.91 Å². The Balaban J connectivity index is 2.08. The molecule has 0 bridgehead atoms. The molecule has 0 aliphatic heterocycles. The van der Waals surface area contributed by atoms with Crippen LogP contribution >= 0.6 is 0 Å². The Kier molecular flexibility index (Phi) is 4.38. The van der Waals surface area contributed by atoms with Crippen molar-refractivity contribution in [3.63, 3.8) is 0 Å². The SMILES string of the molecule is CNC(=O)c1nn(C)cc1NC(=O)Cn1ccc(C(F)(F)F)n1. The predicted octanol–water partition coefficient (Wildman–Crippen LogP) is 0.634. The lowest BCUT2D eigenvalue weighted by Gasteiger charge is -2.05. The highest BCUT2D eigenvalue weighted by Crippen LogP contribution is 2.27. The Bertz CT molecular complexity index is 733. The molecule has 0 radical (unpaired) electrons. The van der Waals surface area contributed by atoms with E-state index in [1.807, 2.05) is 0 Å². The molecule has 0 aliphatic carbocycles. The molecule has 8 nitrogen and oxygen atoms in total. The van der Waals surface area contributed by atoms with Crippen LogP contribution in [0.1, 0.15) is 16.2 Å². The van der Waals surface area contributed by atoms with Crippen LogP contribution in [0, 0.1) is 0 Å². The van der Waals surface area contributed by atoms with Crippen molar-refractivity contribution in [1.82, 2.24) is 24.9 Å². The number of nitrogens with zero attached hydrogens (tertiary/aromatic N) is 4. The Labute approximate surface area is 128 Å². The second-order valence-electron chi connectivity index (χ2n) is 4.59. The van der Waals surface area contributed by atoms with Crippen LogP contribution in [0.5, 0.6) is 0 Å². The average Bonchev–Trinajstić information content (AvgIpc) is 3.04. The van der Waals surface area contributed by atoms with Crippen LogP contribution in [-0.4, -0.2) is 38.4 Å². The van der Waals surface area contributed by atoms with E-state index in [1.54, 1.807) is 7.05 Å². The maximum atomic E-state index is 12.4. The second kappa shape index (κ2) is 6.10. The fourth-order valence-electron chi connectivity index (χ4n) is 1.80. The highest BCUT2D eigenvalue weighted by Gasteiger charge is 2.33. The van der Waals surface area contributed by atoms with Crippen molar-refractivity contribution < 1.29 is 22.8 Å². The fraction of sp³-hybridized carbons (Fsp3) is 0.333. The summed E-state index contributed by atoms with van der Waals surface area (Å²) < 4.78 is 39.5. The molecule has 2 rings (SSSR count). The van der Waals surface area contributed by atoms with E-state index in [0.29, 0.717) is 0 Å². The van der Waals surface area contributed by atoms with Crippen molar-refractivity contribution in [3.05, 3.63) is 29.8 Å². The van der Waals surface area contributed by atoms with Crippen LogP contribution in [0.2, 0.25) is 0 Å². The van der Waals surface area contributed by atoms with Gasteiger partial charge in [0.25, 0.3) is 5.91 Å². The van der Waals surface area contributed by atoms with Gasteiger partial charge in [-0.1, -0.05) is 0 Å². The van der Waals surface area contributed by atoms with Gasteiger partial charge in [-0.25, -0.2) is 0 Å². The lowest BCUT2D eigenvalue weighted by atomic mass is 10.3. The van der Waals surface area contributed by atoms with Crippen molar-refractivity contribution in [2.75, 3.05) is 12.4 Å². The number of aromatic nitrogens is 4. The molecule has 0 spiro atoms. The summed E-state index contributed by atoms with van der Waals surface area (Å²) in [4.78, 5) is 23.5. The summed E-state index contributed by atoms with van der Waals surface area (Å²) in [5.74, 6) is -1.14. The third-order valence-corrected chi connectivity index (χ3v) is 2.78. The smallest absolute Gasteiger partial charge is 0.354 e. The first-order chi connectivity index (χ1) is 10.7. The van der Waals surface area contributed by atoms with Gasteiger partial charge in [0, 0.05) is 26.5 Å². The first-order valence-electron chi connectivity index (χ1n) is 6.37. The zero-order chi connectivity index (χ0) is 17.2. The van der Waals surface area contributed by atoms with Gasteiger partial charge in [0.15, 0.2) is 11.4 Å². The zero-order valence-corrected chi connectivity index (χ0v) is 12.2. The Hall–Kier alpha value is -2.85.